The molecule has 1 aromatic heterocycles. The van der Waals surface area contributed by atoms with E-state index in [0.29, 0.717) is 23.1 Å². The number of aromatic nitrogens is 2. The molecule has 0 amide bonds. The Labute approximate surface area is 134 Å². The Bertz CT molecular complexity index is 523. The number of nitrogens with one attached hydrogen (secondary N) is 1. The lowest BCUT2D eigenvalue weighted by atomic mass is 10.0. The van der Waals surface area contributed by atoms with E-state index in [2.05, 4.69) is 45.1 Å². The van der Waals surface area contributed by atoms with Gasteiger partial charge < -0.3 is 10.2 Å². The van der Waals surface area contributed by atoms with Gasteiger partial charge in [0.2, 0.25) is 0 Å². The molecule has 2 heterocycles. The van der Waals surface area contributed by atoms with Crippen LogP contribution in [0.1, 0.15) is 40.0 Å². The molecule has 1 aromatic rings. The third kappa shape index (κ3) is 3.86. The number of anilines is 1. The molecule has 1 atom stereocenters. The summed E-state index contributed by atoms with van der Waals surface area (Å²) in [6.45, 7) is 8.82. The minimum Gasteiger partial charge on any atom is -0.365 e. The number of hydrogen-bond acceptors (Lipinski definition) is 4. The number of aryl methyl sites for hydroxylation is 1. The van der Waals surface area contributed by atoms with E-state index in [1.807, 2.05) is 6.92 Å². The van der Waals surface area contributed by atoms with Crippen molar-refractivity contribution in [1.82, 2.24) is 15.1 Å². The Kier molecular flexibility index (Phi) is 5.81. The van der Waals surface area contributed by atoms with Crippen molar-refractivity contribution >= 4 is 21.6 Å². The molecule has 1 N–H and O–H groups in total. The molecule has 21 heavy (non-hydrogen) atoms. The molecule has 118 valence electrons. The Morgan fingerprint density at radius 2 is 2.29 bits per heavy atom. The lowest BCUT2D eigenvalue weighted by molar-refractivity contribution is 0.393. The minimum atomic E-state index is -0.0581. The highest BCUT2D eigenvalue weighted by atomic mass is 79.9. The maximum atomic E-state index is 12.3. The SMILES string of the molecule is CCn1ncc(N(CC2CCCCN2)C(C)C)c(Br)c1=O. The molecule has 0 bridgehead atoms. The standard InChI is InChI=1S/C15H25BrN4O/c1-4-20-15(21)14(16)13(9-18-20)19(11(2)3)10-12-7-5-6-8-17-12/h9,11-12,17H,4-8,10H2,1-3H3. The Morgan fingerprint density at radius 3 is 2.86 bits per heavy atom. The molecule has 1 saturated heterocycles. The second-order valence-corrected chi connectivity index (χ2v) is 6.65. The maximum Gasteiger partial charge on any atom is 0.283 e. The van der Waals surface area contributed by atoms with E-state index in [-0.39, 0.29) is 5.56 Å². The van der Waals surface area contributed by atoms with Crippen LogP contribution in [0.5, 0.6) is 0 Å². The second-order valence-electron chi connectivity index (χ2n) is 5.86. The highest BCUT2D eigenvalue weighted by molar-refractivity contribution is 9.10. The molecule has 0 aromatic carbocycles. The van der Waals surface area contributed by atoms with Gasteiger partial charge in [-0.3, -0.25) is 4.79 Å². The normalized spacial score (nSPS) is 19.0. The largest absolute Gasteiger partial charge is 0.365 e. The number of nitrogens with zero attached hydrogens (tertiary/aromatic N) is 3. The molecule has 0 spiro atoms. The number of hydrogen-bond donors (Lipinski definition) is 1. The van der Waals surface area contributed by atoms with E-state index in [0.717, 1.165) is 18.8 Å². The van der Waals surface area contributed by atoms with Gasteiger partial charge in [0.1, 0.15) is 4.47 Å². The van der Waals surface area contributed by atoms with Gasteiger partial charge in [-0.1, -0.05) is 6.42 Å². The van der Waals surface area contributed by atoms with Crippen molar-refractivity contribution in [1.29, 1.82) is 0 Å². The van der Waals surface area contributed by atoms with Crippen molar-refractivity contribution in [3.05, 3.63) is 21.0 Å². The van der Waals surface area contributed by atoms with Gasteiger partial charge in [-0.05, 0) is 56.1 Å². The van der Waals surface area contributed by atoms with Crippen LogP contribution in [0.3, 0.4) is 0 Å². The highest BCUT2D eigenvalue weighted by Crippen LogP contribution is 2.24. The van der Waals surface area contributed by atoms with Gasteiger partial charge in [0, 0.05) is 25.2 Å². The molecule has 0 radical (unpaired) electrons. The van der Waals surface area contributed by atoms with Gasteiger partial charge >= 0.3 is 0 Å². The quantitative estimate of drug-likeness (QED) is 0.879. The van der Waals surface area contributed by atoms with Crippen LogP contribution in [0.25, 0.3) is 0 Å². The fraction of sp³-hybridized carbons (Fsp3) is 0.733. The molecule has 0 aliphatic carbocycles. The molecule has 1 unspecified atom stereocenters. The third-order valence-electron chi connectivity index (χ3n) is 4.03. The van der Waals surface area contributed by atoms with Crippen molar-refractivity contribution in [2.24, 2.45) is 0 Å². The van der Waals surface area contributed by atoms with Gasteiger partial charge in [0.05, 0.1) is 11.9 Å². The van der Waals surface area contributed by atoms with Crippen LogP contribution in [-0.2, 0) is 6.54 Å². The zero-order valence-electron chi connectivity index (χ0n) is 13.1. The number of halogens is 1. The van der Waals surface area contributed by atoms with E-state index in [1.54, 1.807) is 6.20 Å². The fourth-order valence-corrected chi connectivity index (χ4v) is 3.32. The summed E-state index contributed by atoms with van der Waals surface area (Å²) in [6.07, 6.45) is 5.54. The third-order valence-corrected chi connectivity index (χ3v) is 4.77. The molecule has 6 heteroatoms. The molecule has 1 aliphatic rings. The van der Waals surface area contributed by atoms with E-state index >= 15 is 0 Å². The highest BCUT2D eigenvalue weighted by Gasteiger charge is 2.22. The average molecular weight is 357 g/mol. The summed E-state index contributed by atoms with van der Waals surface area (Å²) in [7, 11) is 0. The minimum absolute atomic E-state index is 0.0581. The molecule has 1 aliphatic heterocycles. The summed E-state index contributed by atoms with van der Waals surface area (Å²) >= 11 is 3.47. The Balaban J connectivity index is 2.25. The lowest BCUT2D eigenvalue weighted by Gasteiger charge is -2.35. The Hall–Kier alpha value is -0.880. The lowest BCUT2D eigenvalue weighted by Crippen LogP contribution is -2.46. The number of rotatable bonds is 5. The van der Waals surface area contributed by atoms with Gasteiger partial charge in [0.25, 0.3) is 5.56 Å². The van der Waals surface area contributed by atoms with Crippen molar-refractivity contribution < 1.29 is 0 Å². The predicted octanol–water partition coefficient (Wildman–Crippen LogP) is 2.38. The van der Waals surface area contributed by atoms with E-state index in [4.69, 9.17) is 0 Å². The van der Waals surface area contributed by atoms with Crippen LogP contribution < -0.4 is 15.8 Å². The average Bonchev–Trinajstić information content (AvgIpc) is 2.49. The van der Waals surface area contributed by atoms with Crippen LogP contribution in [0.15, 0.2) is 15.5 Å². The van der Waals surface area contributed by atoms with Crippen molar-refractivity contribution in [2.45, 2.75) is 58.7 Å². The summed E-state index contributed by atoms with van der Waals surface area (Å²) < 4.78 is 2.09. The maximum absolute atomic E-state index is 12.3. The van der Waals surface area contributed by atoms with Gasteiger partial charge in [0.15, 0.2) is 0 Å². The van der Waals surface area contributed by atoms with Gasteiger partial charge in [-0.25, -0.2) is 4.68 Å². The van der Waals surface area contributed by atoms with E-state index < -0.39 is 0 Å². The summed E-state index contributed by atoms with van der Waals surface area (Å²) in [5.74, 6) is 0. The molecule has 2 rings (SSSR count). The summed E-state index contributed by atoms with van der Waals surface area (Å²) in [5.41, 5.74) is 0.837. The zero-order chi connectivity index (χ0) is 15.4. The second kappa shape index (κ2) is 7.40. The summed E-state index contributed by atoms with van der Waals surface area (Å²) in [5, 5.41) is 7.84. The van der Waals surface area contributed by atoms with Crippen LogP contribution in [-0.4, -0.2) is 35.0 Å². The first-order chi connectivity index (χ1) is 10.0. The monoisotopic (exact) mass is 356 g/mol. The molecule has 1 fully saturated rings. The summed E-state index contributed by atoms with van der Waals surface area (Å²) in [6, 6.07) is 0.811. The van der Waals surface area contributed by atoms with Crippen LogP contribution >= 0.6 is 15.9 Å². The summed E-state index contributed by atoms with van der Waals surface area (Å²) in [4.78, 5) is 14.5. The topological polar surface area (TPSA) is 50.2 Å². The predicted molar refractivity (Wildman–Crippen MR) is 90.0 cm³/mol. The Morgan fingerprint density at radius 1 is 1.52 bits per heavy atom. The number of piperidine rings is 1. The van der Waals surface area contributed by atoms with Crippen LogP contribution in [0.2, 0.25) is 0 Å². The van der Waals surface area contributed by atoms with Crippen LogP contribution in [0, 0.1) is 0 Å². The zero-order valence-corrected chi connectivity index (χ0v) is 14.7. The van der Waals surface area contributed by atoms with Crippen LogP contribution in [0.4, 0.5) is 5.69 Å². The first-order valence-electron chi connectivity index (χ1n) is 7.80. The van der Waals surface area contributed by atoms with E-state index in [9.17, 15) is 4.79 Å². The smallest absolute Gasteiger partial charge is 0.283 e. The molecule has 0 saturated carbocycles. The first-order valence-corrected chi connectivity index (χ1v) is 8.59. The fourth-order valence-electron chi connectivity index (χ4n) is 2.79. The molecular formula is C15H25BrN4O. The van der Waals surface area contributed by atoms with Crippen molar-refractivity contribution in [2.75, 3.05) is 18.0 Å². The molecule has 5 nitrogen and oxygen atoms in total. The van der Waals surface area contributed by atoms with Gasteiger partial charge in [-0.2, -0.15) is 5.10 Å². The first kappa shape index (κ1) is 16.5. The van der Waals surface area contributed by atoms with Crippen molar-refractivity contribution in [3.8, 4) is 0 Å². The molecular weight excluding hydrogens is 332 g/mol. The van der Waals surface area contributed by atoms with Crippen molar-refractivity contribution in [3.63, 3.8) is 0 Å². The van der Waals surface area contributed by atoms with Gasteiger partial charge in [-0.15, -0.1) is 0 Å². The van der Waals surface area contributed by atoms with E-state index in [1.165, 1.54) is 23.9 Å².